The highest BCUT2D eigenvalue weighted by Crippen LogP contribution is 2.26. The fraction of sp³-hybridized carbons (Fsp3) is 0.474. The zero-order valence-corrected chi connectivity index (χ0v) is 14.3. The third kappa shape index (κ3) is 3.60. The number of amides is 1. The number of hydrogen-bond donors (Lipinski definition) is 1. The SMILES string of the molecule is O=C(Cn1cccn1)N1CCC(O)(CN2CCc3ccccc3C2)C1. The first-order chi connectivity index (χ1) is 12.1. The van der Waals surface area contributed by atoms with Crippen molar-refractivity contribution in [3.05, 3.63) is 53.9 Å². The van der Waals surface area contributed by atoms with Crippen LogP contribution < -0.4 is 0 Å². The van der Waals surface area contributed by atoms with Gasteiger partial charge < -0.3 is 10.0 Å². The van der Waals surface area contributed by atoms with E-state index in [1.807, 2.05) is 6.07 Å². The van der Waals surface area contributed by atoms with Gasteiger partial charge in [-0.15, -0.1) is 0 Å². The van der Waals surface area contributed by atoms with Crippen LogP contribution in [0.1, 0.15) is 17.5 Å². The third-order valence-electron chi connectivity index (χ3n) is 5.27. The van der Waals surface area contributed by atoms with Gasteiger partial charge in [0.15, 0.2) is 0 Å². The van der Waals surface area contributed by atoms with Crippen LogP contribution in [0.4, 0.5) is 0 Å². The Bertz CT molecular complexity index is 746. The lowest BCUT2D eigenvalue weighted by atomic mass is 9.97. The highest BCUT2D eigenvalue weighted by molar-refractivity contribution is 5.76. The van der Waals surface area contributed by atoms with Crippen molar-refractivity contribution in [1.29, 1.82) is 0 Å². The zero-order valence-electron chi connectivity index (χ0n) is 14.3. The van der Waals surface area contributed by atoms with Crippen LogP contribution in [-0.4, -0.2) is 62.4 Å². The first-order valence-corrected chi connectivity index (χ1v) is 8.88. The number of aliphatic hydroxyl groups is 1. The second-order valence-corrected chi connectivity index (χ2v) is 7.22. The molecule has 3 heterocycles. The van der Waals surface area contributed by atoms with Crippen LogP contribution in [-0.2, 0) is 24.3 Å². The van der Waals surface area contributed by atoms with Crippen LogP contribution in [0.15, 0.2) is 42.7 Å². The van der Waals surface area contributed by atoms with Crippen molar-refractivity contribution in [2.75, 3.05) is 26.2 Å². The molecule has 0 radical (unpaired) electrons. The van der Waals surface area contributed by atoms with Gasteiger partial charge >= 0.3 is 0 Å². The lowest BCUT2D eigenvalue weighted by molar-refractivity contribution is -0.132. The number of β-amino-alcohol motifs (C(OH)–C–C–N with tert-alkyl or cyclic N) is 1. The minimum Gasteiger partial charge on any atom is -0.387 e. The fourth-order valence-corrected chi connectivity index (χ4v) is 3.94. The van der Waals surface area contributed by atoms with E-state index in [1.54, 1.807) is 22.0 Å². The molecule has 25 heavy (non-hydrogen) atoms. The van der Waals surface area contributed by atoms with Gasteiger partial charge in [-0.1, -0.05) is 24.3 Å². The lowest BCUT2D eigenvalue weighted by Gasteiger charge is -2.34. The van der Waals surface area contributed by atoms with E-state index in [2.05, 4.69) is 34.3 Å². The highest BCUT2D eigenvalue weighted by Gasteiger charge is 2.39. The number of hydrogen-bond acceptors (Lipinski definition) is 4. The molecule has 0 bridgehead atoms. The van der Waals surface area contributed by atoms with E-state index in [1.165, 1.54) is 11.1 Å². The molecule has 1 atom stereocenters. The van der Waals surface area contributed by atoms with Crippen molar-refractivity contribution in [3.63, 3.8) is 0 Å². The Hall–Kier alpha value is -2.18. The molecule has 1 aromatic carbocycles. The van der Waals surface area contributed by atoms with Crippen LogP contribution in [0.25, 0.3) is 0 Å². The zero-order chi connectivity index (χ0) is 17.3. The summed E-state index contributed by atoms with van der Waals surface area (Å²) in [6.07, 6.45) is 5.11. The van der Waals surface area contributed by atoms with E-state index in [9.17, 15) is 9.90 Å². The van der Waals surface area contributed by atoms with Gasteiger partial charge in [-0.3, -0.25) is 14.4 Å². The van der Waals surface area contributed by atoms with E-state index in [-0.39, 0.29) is 12.5 Å². The summed E-state index contributed by atoms with van der Waals surface area (Å²) in [6.45, 7) is 3.71. The van der Waals surface area contributed by atoms with Gasteiger partial charge in [0, 0.05) is 38.6 Å². The number of benzene rings is 1. The first-order valence-electron chi connectivity index (χ1n) is 8.88. The molecule has 6 nitrogen and oxygen atoms in total. The van der Waals surface area contributed by atoms with Crippen LogP contribution >= 0.6 is 0 Å². The van der Waals surface area contributed by atoms with Crippen LogP contribution in [0.2, 0.25) is 0 Å². The summed E-state index contributed by atoms with van der Waals surface area (Å²) in [6, 6.07) is 10.3. The van der Waals surface area contributed by atoms with Gasteiger partial charge in [-0.05, 0) is 30.0 Å². The van der Waals surface area contributed by atoms with Gasteiger partial charge in [-0.2, -0.15) is 5.10 Å². The van der Waals surface area contributed by atoms with E-state index in [4.69, 9.17) is 0 Å². The summed E-state index contributed by atoms with van der Waals surface area (Å²) >= 11 is 0. The molecule has 1 aromatic heterocycles. The summed E-state index contributed by atoms with van der Waals surface area (Å²) in [7, 11) is 0. The molecule has 1 N–H and O–H groups in total. The molecule has 2 aromatic rings. The number of carbonyl (C=O) groups excluding carboxylic acids is 1. The average molecular weight is 340 g/mol. The fourth-order valence-electron chi connectivity index (χ4n) is 3.94. The normalized spacial score (nSPS) is 23.6. The molecule has 1 amide bonds. The molecule has 132 valence electrons. The molecule has 1 saturated heterocycles. The standard InChI is InChI=1S/C19H24N4O2/c24-18(13-23-9-3-8-20-23)22-11-7-19(25,15-22)14-21-10-6-16-4-1-2-5-17(16)12-21/h1-5,8-9,25H,6-7,10-15H2. The maximum Gasteiger partial charge on any atom is 0.244 e. The smallest absolute Gasteiger partial charge is 0.244 e. The number of rotatable bonds is 4. The molecule has 6 heteroatoms. The summed E-state index contributed by atoms with van der Waals surface area (Å²) < 4.78 is 1.63. The van der Waals surface area contributed by atoms with Crippen LogP contribution in [0.5, 0.6) is 0 Å². The Morgan fingerprint density at radius 1 is 1.20 bits per heavy atom. The summed E-state index contributed by atoms with van der Waals surface area (Å²) in [5.74, 6) is 0.0172. The van der Waals surface area contributed by atoms with E-state index in [0.29, 0.717) is 26.1 Å². The Morgan fingerprint density at radius 2 is 2.04 bits per heavy atom. The third-order valence-corrected chi connectivity index (χ3v) is 5.27. The highest BCUT2D eigenvalue weighted by atomic mass is 16.3. The maximum atomic E-state index is 12.4. The summed E-state index contributed by atoms with van der Waals surface area (Å²) in [4.78, 5) is 16.5. The quantitative estimate of drug-likeness (QED) is 0.899. The number of likely N-dealkylation sites (tertiary alicyclic amines) is 1. The predicted octanol–water partition coefficient (Wildman–Crippen LogP) is 0.905. The second kappa shape index (κ2) is 6.61. The Labute approximate surface area is 147 Å². The molecule has 0 saturated carbocycles. The molecule has 2 aliphatic heterocycles. The number of fused-ring (bicyclic) bond motifs is 1. The number of carbonyl (C=O) groups is 1. The van der Waals surface area contributed by atoms with Crippen LogP contribution in [0, 0.1) is 0 Å². The van der Waals surface area contributed by atoms with Gasteiger partial charge in [0.2, 0.25) is 5.91 Å². The summed E-state index contributed by atoms with van der Waals surface area (Å²) in [5, 5.41) is 15.1. The molecular formula is C19H24N4O2. The van der Waals surface area contributed by atoms with Gasteiger partial charge in [0.1, 0.15) is 6.54 Å². The van der Waals surface area contributed by atoms with Crippen molar-refractivity contribution >= 4 is 5.91 Å². The molecule has 0 spiro atoms. The van der Waals surface area contributed by atoms with Gasteiger partial charge in [0.25, 0.3) is 0 Å². The Morgan fingerprint density at radius 3 is 2.84 bits per heavy atom. The minimum atomic E-state index is -0.813. The predicted molar refractivity (Wildman–Crippen MR) is 93.8 cm³/mol. The minimum absolute atomic E-state index is 0.0172. The van der Waals surface area contributed by atoms with Gasteiger partial charge in [0.05, 0.1) is 12.1 Å². The first kappa shape index (κ1) is 16.3. The largest absolute Gasteiger partial charge is 0.387 e. The lowest BCUT2D eigenvalue weighted by Crippen LogP contribution is -2.47. The topological polar surface area (TPSA) is 61.6 Å². The van der Waals surface area contributed by atoms with Crippen molar-refractivity contribution in [1.82, 2.24) is 19.6 Å². The van der Waals surface area contributed by atoms with E-state index >= 15 is 0 Å². The molecule has 1 unspecified atom stereocenters. The van der Waals surface area contributed by atoms with Crippen molar-refractivity contribution in [2.24, 2.45) is 0 Å². The number of nitrogens with zero attached hydrogens (tertiary/aromatic N) is 4. The number of aromatic nitrogens is 2. The average Bonchev–Trinajstić information content (AvgIpc) is 3.24. The molecule has 0 aliphatic carbocycles. The second-order valence-electron chi connectivity index (χ2n) is 7.22. The van der Waals surface area contributed by atoms with E-state index in [0.717, 1.165) is 19.5 Å². The Kier molecular flexibility index (Phi) is 4.31. The molecule has 2 aliphatic rings. The molecule has 4 rings (SSSR count). The van der Waals surface area contributed by atoms with Crippen molar-refractivity contribution in [3.8, 4) is 0 Å². The van der Waals surface area contributed by atoms with Crippen molar-refractivity contribution in [2.45, 2.75) is 31.5 Å². The summed E-state index contributed by atoms with van der Waals surface area (Å²) in [5.41, 5.74) is 1.95. The molecular weight excluding hydrogens is 316 g/mol. The van der Waals surface area contributed by atoms with Crippen molar-refractivity contribution < 1.29 is 9.90 Å². The Balaban J connectivity index is 1.35. The van der Waals surface area contributed by atoms with E-state index < -0.39 is 5.60 Å². The molecule has 1 fully saturated rings. The maximum absolute atomic E-state index is 12.4. The monoisotopic (exact) mass is 340 g/mol. The van der Waals surface area contributed by atoms with Crippen LogP contribution in [0.3, 0.4) is 0 Å². The van der Waals surface area contributed by atoms with Gasteiger partial charge in [-0.25, -0.2) is 0 Å².